The molecule has 0 aliphatic rings. The second-order valence-corrected chi connectivity index (χ2v) is 6.24. The first-order valence-corrected chi connectivity index (χ1v) is 7.80. The molecule has 4 aromatic rings. The van der Waals surface area contributed by atoms with Gasteiger partial charge in [0.1, 0.15) is 5.75 Å². The van der Waals surface area contributed by atoms with E-state index in [1.807, 2.05) is 48.5 Å². The molecule has 0 spiro atoms. The molecule has 0 atom stereocenters. The molecule has 0 saturated carbocycles. The predicted molar refractivity (Wildman–Crippen MR) is 92.7 cm³/mol. The van der Waals surface area contributed by atoms with Crippen LogP contribution in [0.5, 0.6) is 5.75 Å². The number of hydrogen-bond acceptors (Lipinski definition) is 3. The highest BCUT2D eigenvalue weighted by molar-refractivity contribution is 7.24. The number of fused-ring (bicyclic) bond motifs is 2. The molecule has 0 aliphatic carbocycles. The molecule has 2 nitrogen and oxygen atoms in total. The van der Waals surface area contributed by atoms with Crippen LogP contribution in [0.15, 0.2) is 71.5 Å². The van der Waals surface area contributed by atoms with Crippen molar-refractivity contribution < 1.29 is 5.11 Å². The first kappa shape index (κ1) is 13.0. The predicted octanol–water partition coefficient (Wildman–Crippen LogP) is 4.79. The Morgan fingerprint density at radius 3 is 2.45 bits per heavy atom. The molecule has 1 aromatic heterocycles. The van der Waals surface area contributed by atoms with Crippen LogP contribution in [0, 0.1) is 0 Å². The fourth-order valence-corrected chi connectivity index (χ4v) is 3.87. The molecule has 0 saturated heterocycles. The first-order valence-electron chi connectivity index (χ1n) is 6.98. The highest BCUT2D eigenvalue weighted by Crippen LogP contribution is 2.32. The molecular weight excluding hydrogens is 292 g/mol. The summed E-state index contributed by atoms with van der Waals surface area (Å²) < 4.78 is 1.96. The summed E-state index contributed by atoms with van der Waals surface area (Å²) in [7, 11) is 0. The lowest BCUT2D eigenvalue weighted by Crippen LogP contribution is -2.02. The molecule has 0 amide bonds. The zero-order chi connectivity index (χ0) is 15.1. The SMILES string of the molecule is O=c1c2ccccc2sc2cccc(-c3cccc(O)c3)c12. The zero-order valence-corrected chi connectivity index (χ0v) is 12.4. The molecule has 0 bridgehead atoms. The van der Waals surface area contributed by atoms with Crippen molar-refractivity contribution in [1.82, 2.24) is 0 Å². The van der Waals surface area contributed by atoms with E-state index in [9.17, 15) is 9.90 Å². The maximum Gasteiger partial charge on any atom is 0.196 e. The molecule has 22 heavy (non-hydrogen) atoms. The van der Waals surface area contributed by atoms with Crippen LogP contribution in [0.3, 0.4) is 0 Å². The van der Waals surface area contributed by atoms with Crippen LogP contribution in [0.2, 0.25) is 0 Å². The molecule has 106 valence electrons. The second kappa shape index (κ2) is 4.97. The lowest BCUT2D eigenvalue weighted by Gasteiger charge is -2.08. The van der Waals surface area contributed by atoms with Crippen molar-refractivity contribution in [2.45, 2.75) is 0 Å². The van der Waals surface area contributed by atoms with Crippen LogP contribution in [0.1, 0.15) is 0 Å². The van der Waals surface area contributed by atoms with Crippen molar-refractivity contribution >= 4 is 31.5 Å². The Hall–Kier alpha value is -2.65. The minimum absolute atomic E-state index is 0.0447. The first-order chi connectivity index (χ1) is 10.7. The molecule has 1 heterocycles. The van der Waals surface area contributed by atoms with Gasteiger partial charge in [-0.15, -0.1) is 11.3 Å². The third-order valence-corrected chi connectivity index (χ3v) is 4.90. The second-order valence-electron chi connectivity index (χ2n) is 5.16. The minimum Gasteiger partial charge on any atom is -0.508 e. The number of phenols is 1. The molecule has 0 fully saturated rings. The summed E-state index contributed by atoms with van der Waals surface area (Å²) in [6.45, 7) is 0. The Bertz CT molecular complexity index is 1060. The van der Waals surface area contributed by atoms with Gasteiger partial charge in [-0.25, -0.2) is 0 Å². The summed E-state index contributed by atoms with van der Waals surface area (Å²) in [6.07, 6.45) is 0. The molecular formula is C19H12O2S. The quantitative estimate of drug-likeness (QED) is 0.513. The van der Waals surface area contributed by atoms with Crippen molar-refractivity contribution in [3.63, 3.8) is 0 Å². The number of phenolic OH excluding ortho intramolecular Hbond substituents is 1. The van der Waals surface area contributed by atoms with Crippen molar-refractivity contribution in [1.29, 1.82) is 0 Å². The summed E-state index contributed by atoms with van der Waals surface area (Å²) in [4.78, 5) is 12.9. The van der Waals surface area contributed by atoms with Gasteiger partial charge in [-0.3, -0.25) is 4.79 Å². The van der Waals surface area contributed by atoms with E-state index in [0.29, 0.717) is 0 Å². The van der Waals surface area contributed by atoms with Crippen molar-refractivity contribution in [2.24, 2.45) is 0 Å². The van der Waals surface area contributed by atoms with Crippen LogP contribution in [0.25, 0.3) is 31.3 Å². The van der Waals surface area contributed by atoms with Gasteiger partial charge in [0.2, 0.25) is 0 Å². The van der Waals surface area contributed by atoms with Gasteiger partial charge >= 0.3 is 0 Å². The van der Waals surface area contributed by atoms with E-state index < -0.39 is 0 Å². The third kappa shape index (κ3) is 1.98. The van der Waals surface area contributed by atoms with Crippen LogP contribution in [0.4, 0.5) is 0 Å². The fourth-order valence-electron chi connectivity index (χ4n) is 2.76. The summed E-state index contributed by atoms with van der Waals surface area (Å²) in [5.41, 5.74) is 1.76. The van der Waals surface area contributed by atoms with E-state index in [2.05, 4.69) is 0 Å². The van der Waals surface area contributed by atoms with Gasteiger partial charge in [-0.1, -0.05) is 36.4 Å². The minimum atomic E-state index is 0.0447. The van der Waals surface area contributed by atoms with E-state index in [0.717, 1.165) is 31.3 Å². The van der Waals surface area contributed by atoms with E-state index in [1.54, 1.807) is 29.5 Å². The van der Waals surface area contributed by atoms with E-state index in [1.165, 1.54) is 0 Å². The largest absolute Gasteiger partial charge is 0.508 e. The molecule has 3 aromatic carbocycles. The van der Waals surface area contributed by atoms with Crippen LogP contribution < -0.4 is 5.43 Å². The molecule has 4 rings (SSSR count). The van der Waals surface area contributed by atoms with Gasteiger partial charge in [-0.05, 0) is 41.5 Å². The number of rotatable bonds is 1. The van der Waals surface area contributed by atoms with Gasteiger partial charge in [0, 0.05) is 20.2 Å². The van der Waals surface area contributed by atoms with Crippen molar-refractivity contribution in [2.75, 3.05) is 0 Å². The normalized spacial score (nSPS) is 11.1. The van der Waals surface area contributed by atoms with Crippen LogP contribution in [-0.2, 0) is 0 Å². The monoisotopic (exact) mass is 304 g/mol. The topological polar surface area (TPSA) is 37.3 Å². The number of hydrogen-bond donors (Lipinski definition) is 1. The lowest BCUT2D eigenvalue weighted by atomic mass is 10.0. The van der Waals surface area contributed by atoms with Gasteiger partial charge in [-0.2, -0.15) is 0 Å². The Morgan fingerprint density at radius 2 is 1.59 bits per heavy atom. The molecule has 3 heteroatoms. The zero-order valence-electron chi connectivity index (χ0n) is 11.6. The summed E-state index contributed by atoms with van der Waals surface area (Å²) in [5, 5.41) is 11.2. The lowest BCUT2D eigenvalue weighted by molar-refractivity contribution is 0.475. The van der Waals surface area contributed by atoms with E-state index in [4.69, 9.17) is 0 Å². The smallest absolute Gasteiger partial charge is 0.196 e. The van der Waals surface area contributed by atoms with Crippen molar-refractivity contribution in [3.8, 4) is 16.9 Å². The van der Waals surface area contributed by atoms with E-state index in [-0.39, 0.29) is 11.2 Å². The van der Waals surface area contributed by atoms with Crippen LogP contribution >= 0.6 is 11.3 Å². The van der Waals surface area contributed by atoms with Gasteiger partial charge < -0.3 is 5.11 Å². The molecule has 0 radical (unpaired) electrons. The number of aromatic hydroxyl groups is 1. The van der Waals surface area contributed by atoms with E-state index >= 15 is 0 Å². The number of benzene rings is 3. The van der Waals surface area contributed by atoms with Gasteiger partial charge in [0.25, 0.3) is 0 Å². The maximum atomic E-state index is 12.9. The van der Waals surface area contributed by atoms with Gasteiger partial charge in [0.15, 0.2) is 5.43 Å². The molecule has 0 unspecified atom stereocenters. The highest BCUT2D eigenvalue weighted by Gasteiger charge is 2.11. The van der Waals surface area contributed by atoms with Crippen molar-refractivity contribution in [3.05, 3.63) is 77.0 Å². The Morgan fingerprint density at radius 1 is 0.818 bits per heavy atom. The Balaban J connectivity index is 2.17. The summed E-state index contributed by atoms with van der Waals surface area (Å²) in [5.74, 6) is 0.200. The fraction of sp³-hybridized carbons (Fsp3) is 0. The Labute approximate surface area is 130 Å². The van der Waals surface area contributed by atoms with Crippen LogP contribution in [-0.4, -0.2) is 5.11 Å². The summed E-state index contributed by atoms with van der Waals surface area (Å²) >= 11 is 1.62. The maximum absolute atomic E-state index is 12.9. The average Bonchev–Trinajstić information content (AvgIpc) is 2.54. The molecule has 1 N–H and O–H groups in total. The summed E-state index contributed by atoms with van der Waals surface area (Å²) in [6, 6.07) is 20.6. The van der Waals surface area contributed by atoms with Gasteiger partial charge in [0.05, 0.1) is 0 Å². The third-order valence-electron chi connectivity index (χ3n) is 3.76. The molecule has 0 aliphatic heterocycles. The standard InChI is InChI=1S/C19H12O2S/c20-13-6-3-5-12(11-13)14-8-4-10-17-18(14)19(21)15-7-1-2-9-16(15)22-17/h1-11,20H. The average molecular weight is 304 g/mol. The Kier molecular flexibility index (Phi) is 2.94. The highest BCUT2D eigenvalue weighted by atomic mass is 32.1.